The second-order valence-electron chi connectivity index (χ2n) is 5.97. The summed E-state index contributed by atoms with van der Waals surface area (Å²) in [5.74, 6) is -0.133. The van der Waals surface area contributed by atoms with E-state index >= 15 is 0 Å². The number of ether oxygens (including phenoxy) is 1. The Bertz CT molecular complexity index is 892. The molecule has 0 aliphatic heterocycles. The molecule has 120 valence electrons. The van der Waals surface area contributed by atoms with E-state index in [2.05, 4.69) is 34.6 Å². The first-order valence-electron chi connectivity index (χ1n) is 8.35. The second kappa shape index (κ2) is 5.92. The Labute approximate surface area is 141 Å². The quantitative estimate of drug-likeness (QED) is 0.694. The third kappa shape index (κ3) is 2.38. The van der Waals surface area contributed by atoms with E-state index in [4.69, 9.17) is 6.11 Å². The minimum absolute atomic E-state index is 0.133. The zero-order valence-corrected chi connectivity index (χ0v) is 13.2. The summed E-state index contributed by atoms with van der Waals surface area (Å²) < 4.78 is 14.4. The van der Waals surface area contributed by atoms with Crippen LogP contribution < -0.4 is 0 Å². The Morgan fingerprint density at radius 2 is 1.83 bits per heavy atom. The van der Waals surface area contributed by atoms with E-state index in [1.165, 1.54) is 0 Å². The maximum absolute atomic E-state index is 11.4. The van der Waals surface area contributed by atoms with Crippen LogP contribution in [0.15, 0.2) is 54.7 Å². The van der Waals surface area contributed by atoms with Gasteiger partial charge in [-0.15, -0.1) is 5.10 Å². The third-order valence-electron chi connectivity index (χ3n) is 4.47. The fraction of sp³-hybridized carbons (Fsp3) is 0.211. The third-order valence-corrected chi connectivity index (χ3v) is 4.47. The Balaban J connectivity index is 1.79. The Hall–Kier alpha value is -2.95. The largest absolute Gasteiger partial charge is 0.462 e. The molecule has 2 aromatic carbocycles. The van der Waals surface area contributed by atoms with Crippen LogP contribution in [0.2, 0.25) is 0 Å². The van der Waals surface area contributed by atoms with Gasteiger partial charge in [0.2, 0.25) is 0 Å². The standard InChI is InChI=1S/C19H17N3O2/c1-13-10-22(21-20-13)11-18(24-12-23)19-16-8-4-2-6-14(16)15-7-3-5-9-17(15)19/h2-10,12,18-19H,11H2,1H3/i12D. The summed E-state index contributed by atoms with van der Waals surface area (Å²) in [5.41, 5.74) is 5.29. The van der Waals surface area contributed by atoms with E-state index in [9.17, 15) is 4.79 Å². The van der Waals surface area contributed by atoms with E-state index in [-0.39, 0.29) is 5.92 Å². The fourth-order valence-corrected chi connectivity index (χ4v) is 3.54. The molecule has 1 atom stereocenters. The van der Waals surface area contributed by atoms with Crippen molar-refractivity contribution in [3.8, 4) is 11.1 Å². The molecule has 1 heterocycles. The van der Waals surface area contributed by atoms with Crippen LogP contribution in [0.1, 0.15) is 24.1 Å². The van der Waals surface area contributed by atoms with Gasteiger partial charge in [-0.2, -0.15) is 0 Å². The highest BCUT2D eigenvalue weighted by Gasteiger charge is 2.35. The van der Waals surface area contributed by atoms with Gasteiger partial charge in [-0.1, -0.05) is 53.7 Å². The van der Waals surface area contributed by atoms with Crippen molar-refractivity contribution >= 4 is 6.45 Å². The van der Waals surface area contributed by atoms with Gasteiger partial charge in [0.25, 0.3) is 6.45 Å². The Kier molecular flexibility index (Phi) is 3.33. The number of rotatable bonds is 4. The molecule has 0 amide bonds. The maximum atomic E-state index is 11.4. The van der Waals surface area contributed by atoms with Crippen molar-refractivity contribution in [2.24, 2.45) is 0 Å². The average Bonchev–Trinajstić information content (AvgIpc) is 3.15. The smallest absolute Gasteiger partial charge is 0.293 e. The highest BCUT2D eigenvalue weighted by molar-refractivity contribution is 5.79. The minimum Gasteiger partial charge on any atom is -0.462 e. The summed E-state index contributed by atoms with van der Waals surface area (Å²) in [5, 5.41) is 8.05. The molecular weight excluding hydrogens is 302 g/mol. The molecule has 0 saturated heterocycles. The molecule has 0 saturated carbocycles. The fourth-order valence-electron chi connectivity index (χ4n) is 3.54. The van der Waals surface area contributed by atoms with Crippen LogP contribution in [0, 0.1) is 6.92 Å². The molecule has 1 aliphatic carbocycles. The normalized spacial score (nSPS) is 14.6. The number of aromatic nitrogens is 3. The van der Waals surface area contributed by atoms with Gasteiger partial charge in [0, 0.05) is 12.1 Å². The average molecular weight is 320 g/mol. The van der Waals surface area contributed by atoms with E-state index in [1.54, 1.807) is 10.9 Å². The lowest BCUT2D eigenvalue weighted by molar-refractivity contribution is -0.134. The molecule has 5 heteroatoms. The zero-order valence-electron chi connectivity index (χ0n) is 14.2. The van der Waals surface area contributed by atoms with Crippen molar-refractivity contribution < 1.29 is 10.9 Å². The maximum Gasteiger partial charge on any atom is 0.293 e. The number of aryl methyl sites for hydroxylation is 1. The second-order valence-corrected chi connectivity index (χ2v) is 5.97. The first-order chi connectivity index (χ1) is 12.1. The molecule has 0 bridgehead atoms. The molecule has 0 fully saturated rings. The number of hydrogen-bond donors (Lipinski definition) is 0. The molecule has 1 aliphatic rings. The van der Waals surface area contributed by atoms with Crippen LogP contribution in [0.3, 0.4) is 0 Å². The summed E-state index contributed by atoms with van der Waals surface area (Å²) in [6, 6.07) is 16.2. The lowest BCUT2D eigenvalue weighted by Crippen LogP contribution is -2.27. The molecule has 0 radical (unpaired) electrons. The first-order valence-corrected chi connectivity index (χ1v) is 7.85. The predicted octanol–water partition coefficient (Wildman–Crippen LogP) is 2.94. The molecule has 1 unspecified atom stereocenters. The molecule has 24 heavy (non-hydrogen) atoms. The molecule has 3 aromatic rings. The summed E-state index contributed by atoms with van der Waals surface area (Å²) in [7, 11) is 0. The van der Waals surface area contributed by atoms with Crippen LogP contribution in [-0.4, -0.2) is 27.5 Å². The van der Waals surface area contributed by atoms with Gasteiger partial charge in [0.05, 0.1) is 12.2 Å². The molecule has 1 aromatic heterocycles. The SMILES string of the molecule is [2H]C(=O)OC(Cn1cc(C)nn1)C1c2ccccc2-c2ccccc21. The van der Waals surface area contributed by atoms with Crippen molar-refractivity contribution in [2.45, 2.75) is 25.5 Å². The van der Waals surface area contributed by atoms with Crippen molar-refractivity contribution in [3.05, 3.63) is 71.5 Å². The molecule has 0 spiro atoms. The van der Waals surface area contributed by atoms with Gasteiger partial charge in [-0.25, -0.2) is 4.68 Å². The summed E-state index contributed by atoms with van der Waals surface area (Å²) in [6.45, 7) is 2.20. The number of carbonyl (C=O) groups excluding carboxylic acids is 1. The summed E-state index contributed by atoms with van der Waals surface area (Å²) >= 11 is 0. The molecule has 4 rings (SSSR count). The van der Waals surface area contributed by atoms with Crippen LogP contribution in [0.25, 0.3) is 11.1 Å². The van der Waals surface area contributed by atoms with Crippen LogP contribution in [0.4, 0.5) is 0 Å². The highest BCUT2D eigenvalue weighted by atomic mass is 16.5. The number of hydrogen-bond acceptors (Lipinski definition) is 4. The predicted molar refractivity (Wildman–Crippen MR) is 89.4 cm³/mol. The number of carbonyl (C=O) groups is 1. The monoisotopic (exact) mass is 320 g/mol. The van der Waals surface area contributed by atoms with E-state index in [0.29, 0.717) is 6.54 Å². The topological polar surface area (TPSA) is 57.0 Å². The first kappa shape index (κ1) is 13.5. The lowest BCUT2D eigenvalue weighted by atomic mass is 9.91. The molecular formula is C19H17N3O2. The number of fused-ring (bicyclic) bond motifs is 3. The van der Waals surface area contributed by atoms with Crippen molar-refractivity contribution in [2.75, 3.05) is 0 Å². The van der Waals surface area contributed by atoms with Gasteiger partial charge >= 0.3 is 0 Å². The van der Waals surface area contributed by atoms with Gasteiger partial charge in [0.15, 0.2) is 1.37 Å². The summed E-state index contributed by atoms with van der Waals surface area (Å²) in [6.07, 6.45) is 0.233. The van der Waals surface area contributed by atoms with Crippen molar-refractivity contribution in [3.63, 3.8) is 0 Å². The van der Waals surface area contributed by atoms with Gasteiger partial charge in [-0.05, 0) is 29.2 Å². The van der Waals surface area contributed by atoms with Gasteiger partial charge in [0.1, 0.15) is 6.10 Å². The number of benzene rings is 2. The van der Waals surface area contributed by atoms with Crippen molar-refractivity contribution in [1.29, 1.82) is 0 Å². The van der Waals surface area contributed by atoms with E-state index in [1.807, 2.05) is 31.2 Å². The van der Waals surface area contributed by atoms with Crippen LogP contribution >= 0.6 is 0 Å². The van der Waals surface area contributed by atoms with Crippen LogP contribution in [-0.2, 0) is 16.1 Å². The Morgan fingerprint density at radius 3 is 2.38 bits per heavy atom. The Morgan fingerprint density at radius 1 is 1.21 bits per heavy atom. The number of nitrogens with zero attached hydrogens (tertiary/aromatic N) is 3. The van der Waals surface area contributed by atoms with Crippen molar-refractivity contribution in [1.82, 2.24) is 15.0 Å². The molecule has 0 N–H and O–H groups in total. The van der Waals surface area contributed by atoms with E-state index < -0.39 is 12.6 Å². The van der Waals surface area contributed by atoms with Gasteiger partial charge < -0.3 is 4.74 Å². The highest BCUT2D eigenvalue weighted by Crippen LogP contribution is 2.46. The summed E-state index contributed by atoms with van der Waals surface area (Å²) in [4.78, 5) is 11.4. The molecule has 5 nitrogen and oxygen atoms in total. The van der Waals surface area contributed by atoms with Gasteiger partial charge in [-0.3, -0.25) is 4.79 Å². The zero-order chi connectivity index (χ0) is 17.4. The van der Waals surface area contributed by atoms with Crippen LogP contribution in [0.5, 0.6) is 0 Å². The minimum atomic E-state index is -1.04. The van der Waals surface area contributed by atoms with E-state index in [0.717, 1.165) is 27.9 Å². The lowest BCUT2D eigenvalue weighted by Gasteiger charge is -2.23.